The van der Waals surface area contributed by atoms with Gasteiger partial charge in [-0.2, -0.15) is 0 Å². The number of rotatable bonds is 6. The third-order valence-electron chi connectivity index (χ3n) is 4.27. The molecule has 0 saturated carbocycles. The van der Waals surface area contributed by atoms with Crippen molar-refractivity contribution in [1.29, 1.82) is 0 Å². The third-order valence-corrected chi connectivity index (χ3v) is 5.01. The van der Waals surface area contributed by atoms with E-state index in [2.05, 4.69) is 28.2 Å². The third kappa shape index (κ3) is 4.03. The summed E-state index contributed by atoms with van der Waals surface area (Å²) in [6.45, 7) is 4.41. The van der Waals surface area contributed by atoms with Gasteiger partial charge in [-0.1, -0.05) is 28.9 Å². The second-order valence-corrected chi connectivity index (χ2v) is 6.29. The average Bonchev–Trinajstić information content (AvgIpc) is 2.50. The van der Waals surface area contributed by atoms with Crippen molar-refractivity contribution in [3.05, 3.63) is 34.1 Å². The highest BCUT2D eigenvalue weighted by atomic mass is 79.9. The molecule has 1 heterocycles. The summed E-state index contributed by atoms with van der Waals surface area (Å²) in [7, 11) is 1.77. The molecule has 1 fully saturated rings. The topological polar surface area (TPSA) is 30.5 Å². The van der Waals surface area contributed by atoms with Crippen LogP contribution in [0.2, 0.25) is 0 Å². The summed E-state index contributed by atoms with van der Waals surface area (Å²) in [6, 6.07) is 5.04. The van der Waals surface area contributed by atoms with Gasteiger partial charge in [0.2, 0.25) is 0 Å². The highest BCUT2D eigenvalue weighted by Crippen LogP contribution is 2.31. The Balaban J connectivity index is 2.21. The Morgan fingerprint density at radius 2 is 2.14 bits per heavy atom. The predicted molar refractivity (Wildman–Crippen MR) is 85.1 cm³/mol. The maximum atomic E-state index is 13.2. The molecule has 0 spiro atoms. The lowest BCUT2D eigenvalue weighted by Crippen LogP contribution is -2.56. The van der Waals surface area contributed by atoms with Gasteiger partial charge in [-0.25, -0.2) is 4.39 Å². The summed E-state index contributed by atoms with van der Waals surface area (Å²) >= 11 is 3.46. The smallest absolute Gasteiger partial charge is 0.124 e. The molecule has 3 nitrogen and oxygen atoms in total. The monoisotopic (exact) mass is 359 g/mol. The van der Waals surface area contributed by atoms with Gasteiger partial charge in [0.15, 0.2) is 0 Å². The van der Waals surface area contributed by atoms with E-state index in [1.807, 2.05) is 6.07 Å². The van der Waals surface area contributed by atoms with Gasteiger partial charge in [0.25, 0.3) is 0 Å². The van der Waals surface area contributed by atoms with Crippen LogP contribution in [0.5, 0.6) is 0 Å². The van der Waals surface area contributed by atoms with Gasteiger partial charge in [-0.3, -0.25) is 0 Å². The highest BCUT2D eigenvalue weighted by molar-refractivity contribution is 9.10. The van der Waals surface area contributed by atoms with Crippen LogP contribution in [0.4, 0.5) is 4.39 Å². The van der Waals surface area contributed by atoms with Gasteiger partial charge in [0.1, 0.15) is 5.82 Å². The number of benzene rings is 1. The van der Waals surface area contributed by atoms with Crippen molar-refractivity contribution >= 4 is 15.9 Å². The van der Waals surface area contributed by atoms with E-state index < -0.39 is 0 Å². The lowest BCUT2D eigenvalue weighted by molar-refractivity contribution is -0.110. The van der Waals surface area contributed by atoms with Gasteiger partial charge in [-0.15, -0.1) is 0 Å². The number of nitrogens with one attached hydrogen (secondary N) is 1. The molecule has 5 heteroatoms. The number of methoxy groups -OCH3 is 1. The van der Waals surface area contributed by atoms with E-state index >= 15 is 0 Å². The Hall–Kier alpha value is -0.490. The van der Waals surface area contributed by atoms with Crippen LogP contribution < -0.4 is 5.32 Å². The first kappa shape index (κ1) is 16.9. The van der Waals surface area contributed by atoms with Crippen molar-refractivity contribution in [1.82, 2.24) is 5.32 Å². The number of ether oxygens (including phenoxy) is 2. The zero-order valence-electron chi connectivity index (χ0n) is 12.6. The number of likely N-dealkylation sites (N-methyl/N-ethyl adjacent to an activating group) is 1. The minimum atomic E-state index is -0.224. The molecule has 0 aromatic heterocycles. The maximum absolute atomic E-state index is 13.2. The van der Waals surface area contributed by atoms with Gasteiger partial charge < -0.3 is 14.8 Å². The fourth-order valence-electron chi connectivity index (χ4n) is 3.01. The zero-order valence-corrected chi connectivity index (χ0v) is 14.2. The zero-order chi connectivity index (χ0) is 15.3. The SMILES string of the molecule is CCNC(Cc1ccc(F)cc1Br)C1(OC)CCOCC1. The molecule has 0 radical (unpaired) electrons. The molecule has 1 aliphatic heterocycles. The molecular weight excluding hydrogens is 337 g/mol. The molecule has 1 saturated heterocycles. The molecule has 21 heavy (non-hydrogen) atoms. The molecule has 1 aliphatic rings. The van der Waals surface area contributed by atoms with Crippen molar-refractivity contribution in [2.45, 2.75) is 37.8 Å². The molecule has 1 unspecified atom stereocenters. The van der Waals surface area contributed by atoms with Crippen molar-refractivity contribution in [2.75, 3.05) is 26.9 Å². The summed E-state index contributed by atoms with van der Waals surface area (Å²) in [6.07, 6.45) is 2.54. The fraction of sp³-hybridized carbons (Fsp3) is 0.625. The first-order valence-corrected chi connectivity index (χ1v) is 8.21. The Morgan fingerprint density at radius 3 is 2.71 bits per heavy atom. The Morgan fingerprint density at radius 1 is 1.43 bits per heavy atom. The Labute approximate surface area is 134 Å². The molecular formula is C16H23BrFNO2. The van der Waals surface area contributed by atoms with E-state index in [9.17, 15) is 4.39 Å². The minimum absolute atomic E-state index is 0.179. The average molecular weight is 360 g/mol. The van der Waals surface area contributed by atoms with Crippen LogP contribution in [0.15, 0.2) is 22.7 Å². The predicted octanol–water partition coefficient (Wildman–Crippen LogP) is 3.30. The largest absolute Gasteiger partial charge is 0.381 e. The summed E-state index contributed by atoms with van der Waals surface area (Å²) in [5.41, 5.74) is 0.868. The lowest BCUT2D eigenvalue weighted by atomic mass is 9.82. The fourth-order valence-corrected chi connectivity index (χ4v) is 3.52. The summed E-state index contributed by atoms with van der Waals surface area (Å²) < 4.78 is 25.4. The van der Waals surface area contributed by atoms with Crippen LogP contribution >= 0.6 is 15.9 Å². The van der Waals surface area contributed by atoms with Crippen molar-refractivity contribution in [3.63, 3.8) is 0 Å². The molecule has 1 atom stereocenters. The van der Waals surface area contributed by atoms with Crippen LogP contribution in [-0.2, 0) is 15.9 Å². The molecule has 0 amide bonds. The molecule has 1 N–H and O–H groups in total. The maximum Gasteiger partial charge on any atom is 0.124 e. The van der Waals surface area contributed by atoms with Crippen molar-refractivity contribution in [2.24, 2.45) is 0 Å². The molecule has 1 aromatic rings. The summed E-state index contributed by atoms with van der Waals surface area (Å²) in [5, 5.41) is 3.54. The summed E-state index contributed by atoms with van der Waals surface area (Å²) in [4.78, 5) is 0. The number of hydrogen-bond donors (Lipinski definition) is 1. The quantitative estimate of drug-likeness (QED) is 0.845. The Bertz CT molecular complexity index is 464. The number of halogens is 2. The van der Waals surface area contributed by atoms with E-state index in [0.717, 1.165) is 49.1 Å². The number of hydrogen-bond acceptors (Lipinski definition) is 3. The van der Waals surface area contributed by atoms with Gasteiger partial charge in [0, 0.05) is 43.7 Å². The van der Waals surface area contributed by atoms with E-state index in [4.69, 9.17) is 9.47 Å². The Kier molecular flexibility index (Phi) is 6.17. The van der Waals surface area contributed by atoms with E-state index in [1.54, 1.807) is 7.11 Å². The molecule has 2 rings (SSSR count). The van der Waals surface area contributed by atoms with Crippen molar-refractivity contribution < 1.29 is 13.9 Å². The van der Waals surface area contributed by atoms with Gasteiger partial charge >= 0.3 is 0 Å². The molecule has 0 bridgehead atoms. The highest BCUT2D eigenvalue weighted by Gasteiger charge is 2.40. The first-order chi connectivity index (χ1) is 10.1. The van der Waals surface area contributed by atoms with Crippen molar-refractivity contribution in [3.8, 4) is 0 Å². The standard InChI is InChI=1S/C16H23BrFNO2/c1-3-19-15(16(20-2)6-8-21-9-7-16)10-12-4-5-13(18)11-14(12)17/h4-5,11,15,19H,3,6-10H2,1-2H3. The van der Waals surface area contributed by atoms with Gasteiger partial charge in [-0.05, 0) is 30.7 Å². The van der Waals surface area contributed by atoms with Crippen LogP contribution in [-0.4, -0.2) is 38.5 Å². The van der Waals surface area contributed by atoms with E-state index in [1.165, 1.54) is 12.1 Å². The molecule has 0 aliphatic carbocycles. The second-order valence-electron chi connectivity index (χ2n) is 5.43. The van der Waals surface area contributed by atoms with Crippen LogP contribution in [0.25, 0.3) is 0 Å². The minimum Gasteiger partial charge on any atom is -0.381 e. The van der Waals surface area contributed by atoms with E-state index in [-0.39, 0.29) is 17.5 Å². The van der Waals surface area contributed by atoms with Crippen LogP contribution in [0, 0.1) is 5.82 Å². The second kappa shape index (κ2) is 7.68. The van der Waals surface area contributed by atoms with E-state index in [0.29, 0.717) is 0 Å². The first-order valence-electron chi connectivity index (χ1n) is 7.41. The normalized spacial score (nSPS) is 19.4. The molecule has 118 valence electrons. The van der Waals surface area contributed by atoms with Gasteiger partial charge in [0.05, 0.1) is 5.60 Å². The molecule has 1 aromatic carbocycles. The summed E-state index contributed by atoms with van der Waals surface area (Å²) in [5.74, 6) is -0.224. The van der Waals surface area contributed by atoms with Crippen LogP contribution in [0.3, 0.4) is 0 Å². The van der Waals surface area contributed by atoms with Crippen LogP contribution in [0.1, 0.15) is 25.3 Å². The lowest BCUT2D eigenvalue weighted by Gasteiger charge is -2.43.